The van der Waals surface area contributed by atoms with E-state index in [1.165, 1.54) is 135 Å². The number of hydrogen-bond donors (Lipinski definition) is 4. The highest BCUT2D eigenvalue weighted by Gasteiger charge is 2.44. The van der Waals surface area contributed by atoms with Crippen LogP contribution in [0.4, 0.5) is 0 Å². The third-order valence-corrected chi connectivity index (χ3v) is 12.7. The minimum absolute atomic E-state index is 0.190. The summed E-state index contributed by atoms with van der Waals surface area (Å²) in [6.45, 7) is 3.31. The standard InChI is InChI=1S/C58H102O10/c1-3-5-7-9-11-13-15-17-19-21-23-24-25-26-27-29-30-32-34-36-38-40-42-44-46-53(60)65-49-51(50-66-58-57(64)56(63)55(62)52(48-59)68-58)67-54(61)47-45-43-41-39-37-35-33-31-28-22-20-18-16-14-12-10-8-6-4-2/h6,8,12,14,18,20,28,31,35,37,51-52,55-59,62-64H,3-5,7,9-11,13,15-17,19,21-27,29-30,32-34,36,38-50H2,1-2H3/b8-6-,14-12-,20-18-,31-28-,37-35-. The number of unbranched alkanes of at least 4 members (excludes halogenated alkanes) is 26. The Morgan fingerprint density at radius 2 is 0.868 bits per heavy atom. The largest absolute Gasteiger partial charge is 0.462 e. The molecule has 1 fully saturated rings. The summed E-state index contributed by atoms with van der Waals surface area (Å²) in [5.41, 5.74) is 0. The summed E-state index contributed by atoms with van der Waals surface area (Å²) in [5, 5.41) is 40.3. The Labute approximate surface area is 415 Å². The first-order valence-corrected chi connectivity index (χ1v) is 27.9. The van der Waals surface area contributed by atoms with Crippen LogP contribution in [-0.4, -0.2) is 89.0 Å². The topological polar surface area (TPSA) is 152 Å². The summed E-state index contributed by atoms with van der Waals surface area (Å²) < 4.78 is 22.3. The number of ether oxygens (including phenoxy) is 4. The molecule has 0 aromatic carbocycles. The first-order chi connectivity index (χ1) is 33.3. The van der Waals surface area contributed by atoms with Crippen LogP contribution in [0.15, 0.2) is 60.8 Å². The molecule has 0 amide bonds. The van der Waals surface area contributed by atoms with Gasteiger partial charge < -0.3 is 39.4 Å². The summed E-state index contributed by atoms with van der Waals surface area (Å²) in [4.78, 5) is 25.5. The zero-order chi connectivity index (χ0) is 49.4. The fourth-order valence-electron chi connectivity index (χ4n) is 8.33. The maximum absolute atomic E-state index is 12.8. The second-order valence-corrected chi connectivity index (χ2v) is 19.0. The van der Waals surface area contributed by atoms with Gasteiger partial charge in [0.1, 0.15) is 31.0 Å². The second kappa shape index (κ2) is 48.0. The molecule has 394 valence electrons. The smallest absolute Gasteiger partial charge is 0.306 e. The van der Waals surface area contributed by atoms with E-state index in [1.54, 1.807) is 0 Å². The molecule has 1 saturated heterocycles. The third kappa shape index (κ3) is 38.2. The molecule has 0 aliphatic carbocycles. The average Bonchev–Trinajstić information content (AvgIpc) is 3.34. The van der Waals surface area contributed by atoms with E-state index in [1.807, 2.05) is 0 Å². The van der Waals surface area contributed by atoms with Crippen LogP contribution < -0.4 is 0 Å². The molecule has 0 aromatic heterocycles. The minimum atomic E-state index is -1.60. The average molecular weight is 959 g/mol. The molecule has 0 aromatic rings. The van der Waals surface area contributed by atoms with E-state index in [4.69, 9.17) is 18.9 Å². The Morgan fingerprint density at radius 3 is 1.31 bits per heavy atom. The molecule has 6 atom stereocenters. The van der Waals surface area contributed by atoms with Crippen molar-refractivity contribution in [1.82, 2.24) is 0 Å². The fraction of sp³-hybridized carbons (Fsp3) is 0.793. The first-order valence-electron chi connectivity index (χ1n) is 27.9. The van der Waals surface area contributed by atoms with E-state index >= 15 is 0 Å². The summed E-state index contributed by atoms with van der Waals surface area (Å²) in [6, 6.07) is 0. The molecular weight excluding hydrogens is 857 g/mol. The van der Waals surface area contributed by atoms with Crippen LogP contribution in [0.1, 0.15) is 239 Å². The number of aliphatic hydroxyl groups is 4. The van der Waals surface area contributed by atoms with Crippen LogP contribution in [0.25, 0.3) is 0 Å². The molecule has 1 aliphatic heterocycles. The summed E-state index contributed by atoms with van der Waals surface area (Å²) >= 11 is 0. The van der Waals surface area contributed by atoms with Gasteiger partial charge in [-0.25, -0.2) is 0 Å². The number of rotatable bonds is 47. The van der Waals surface area contributed by atoms with E-state index in [0.29, 0.717) is 6.42 Å². The second-order valence-electron chi connectivity index (χ2n) is 19.0. The van der Waals surface area contributed by atoms with Gasteiger partial charge >= 0.3 is 11.9 Å². The first kappa shape index (κ1) is 63.4. The van der Waals surface area contributed by atoms with Crippen molar-refractivity contribution in [1.29, 1.82) is 0 Å². The Balaban J connectivity index is 2.23. The van der Waals surface area contributed by atoms with Gasteiger partial charge in [0, 0.05) is 12.8 Å². The van der Waals surface area contributed by atoms with Crippen LogP contribution in [0.2, 0.25) is 0 Å². The summed E-state index contributed by atoms with van der Waals surface area (Å²) in [6.07, 6.45) is 53.8. The number of carbonyl (C=O) groups is 2. The molecule has 0 spiro atoms. The Bertz CT molecular complexity index is 1290. The van der Waals surface area contributed by atoms with Gasteiger partial charge in [-0.3, -0.25) is 9.59 Å². The predicted molar refractivity (Wildman–Crippen MR) is 279 cm³/mol. The lowest BCUT2D eigenvalue weighted by atomic mass is 9.99. The van der Waals surface area contributed by atoms with E-state index in [2.05, 4.69) is 74.6 Å². The highest BCUT2D eigenvalue weighted by molar-refractivity contribution is 5.70. The summed E-state index contributed by atoms with van der Waals surface area (Å²) in [7, 11) is 0. The van der Waals surface area contributed by atoms with Gasteiger partial charge in [-0.05, 0) is 57.8 Å². The third-order valence-electron chi connectivity index (χ3n) is 12.7. The van der Waals surface area contributed by atoms with Crippen LogP contribution in [0.3, 0.4) is 0 Å². The van der Waals surface area contributed by atoms with E-state index in [9.17, 15) is 30.0 Å². The van der Waals surface area contributed by atoms with E-state index in [0.717, 1.165) is 70.6 Å². The predicted octanol–water partition coefficient (Wildman–Crippen LogP) is 13.7. The SMILES string of the molecule is CC/C=C\C/C=C\C/C=C\C/C=C\C/C=C\CCCCCC(=O)OC(COC(=O)CCCCCCCCCCCCCCCCCCCCCCCCCC)COC1OC(CO)C(O)C(O)C1O. The van der Waals surface area contributed by atoms with Gasteiger partial charge in [-0.15, -0.1) is 0 Å². The molecule has 10 heteroatoms. The Kier molecular flexibility index (Phi) is 44.8. The Morgan fingerprint density at radius 1 is 0.471 bits per heavy atom. The lowest BCUT2D eigenvalue weighted by Crippen LogP contribution is -2.59. The van der Waals surface area contributed by atoms with Crippen molar-refractivity contribution in [2.24, 2.45) is 0 Å². The van der Waals surface area contributed by atoms with Crippen molar-refractivity contribution in [3.8, 4) is 0 Å². The molecule has 68 heavy (non-hydrogen) atoms. The Hall–Kier alpha value is -2.60. The van der Waals surface area contributed by atoms with Crippen molar-refractivity contribution in [2.45, 2.75) is 275 Å². The summed E-state index contributed by atoms with van der Waals surface area (Å²) in [5.74, 6) is -0.837. The lowest BCUT2D eigenvalue weighted by Gasteiger charge is -2.39. The molecule has 10 nitrogen and oxygen atoms in total. The molecule has 4 N–H and O–H groups in total. The van der Waals surface area contributed by atoms with Crippen molar-refractivity contribution in [3.63, 3.8) is 0 Å². The van der Waals surface area contributed by atoms with Crippen molar-refractivity contribution < 1.29 is 49.0 Å². The molecule has 0 bridgehead atoms. The maximum Gasteiger partial charge on any atom is 0.306 e. The van der Waals surface area contributed by atoms with E-state index in [-0.39, 0.29) is 32.0 Å². The van der Waals surface area contributed by atoms with Crippen LogP contribution in [-0.2, 0) is 28.5 Å². The van der Waals surface area contributed by atoms with E-state index < -0.39 is 49.4 Å². The number of aliphatic hydroxyl groups excluding tert-OH is 4. The normalized spacial score (nSPS) is 19.4. The molecular formula is C58H102O10. The number of esters is 2. The van der Waals surface area contributed by atoms with Gasteiger partial charge in [0.25, 0.3) is 0 Å². The van der Waals surface area contributed by atoms with Crippen molar-refractivity contribution in [2.75, 3.05) is 19.8 Å². The van der Waals surface area contributed by atoms with Gasteiger partial charge in [0.15, 0.2) is 12.4 Å². The molecule has 0 saturated carbocycles. The van der Waals surface area contributed by atoms with Gasteiger partial charge in [0.2, 0.25) is 0 Å². The van der Waals surface area contributed by atoms with Crippen LogP contribution >= 0.6 is 0 Å². The molecule has 1 rings (SSSR count). The molecule has 1 heterocycles. The van der Waals surface area contributed by atoms with Gasteiger partial charge in [0.05, 0.1) is 13.2 Å². The van der Waals surface area contributed by atoms with Crippen molar-refractivity contribution >= 4 is 11.9 Å². The molecule has 6 unspecified atom stereocenters. The number of allylic oxidation sites excluding steroid dienone is 10. The zero-order valence-electron chi connectivity index (χ0n) is 43.3. The van der Waals surface area contributed by atoms with Crippen LogP contribution in [0.5, 0.6) is 0 Å². The van der Waals surface area contributed by atoms with Crippen molar-refractivity contribution in [3.05, 3.63) is 60.8 Å². The number of hydrogen-bond acceptors (Lipinski definition) is 10. The minimum Gasteiger partial charge on any atom is -0.462 e. The maximum atomic E-state index is 12.8. The van der Waals surface area contributed by atoms with Gasteiger partial charge in [-0.2, -0.15) is 0 Å². The number of carbonyl (C=O) groups excluding carboxylic acids is 2. The fourth-order valence-corrected chi connectivity index (χ4v) is 8.33. The molecule has 1 aliphatic rings. The van der Waals surface area contributed by atoms with Crippen LogP contribution in [0, 0.1) is 0 Å². The molecule has 0 radical (unpaired) electrons. The highest BCUT2D eigenvalue weighted by Crippen LogP contribution is 2.23. The quantitative estimate of drug-likeness (QED) is 0.0263. The zero-order valence-corrected chi connectivity index (χ0v) is 43.3. The lowest BCUT2D eigenvalue weighted by molar-refractivity contribution is -0.305. The van der Waals surface area contributed by atoms with Gasteiger partial charge in [-0.1, -0.05) is 229 Å². The highest BCUT2D eigenvalue weighted by atomic mass is 16.7. The monoisotopic (exact) mass is 959 g/mol.